The normalized spacial score (nSPS) is 14.5. The molecule has 5 rings (SSSR count). The number of hydrogen-bond acceptors (Lipinski definition) is 8. The second kappa shape index (κ2) is 9.34. The van der Waals surface area contributed by atoms with Crippen molar-refractivity contribution in [2.24, 2.45) is 0 Å². The van der Waals surface area contributed by atoms with Gasteiger partial charge in [0.05, 0.1) is 15.4 Å². The van der Waals surface area contributed by atoms with E-state index in [1.807, 2.05) is 6.07 Å². The number of nitrogens with one attached hydrogen (secondary N) is 2. The average molecular weight is 497 g/mol. The lowest BCUT2D eigenvalue weighted by Crippen LogP contribution is -2.31. The van der Waals surface area contributed by atoms with Crippen LogP contribution in [0.5, 0.6) is 0 Å². The van der Waals surface area contributed by atoms with Crippen molar-refractivity contribution in [2.45, 2.75) is 13.0 Å². The molecule has 2 heterocycles. The molecule has 0 spiro atoms. The van der Waals surface area contributed by atoms with Crippen molar-refractivity contribution in [3.8, 4) is 11.4 Å². The molecule has 1 aliphatic heterocycles. The first kappa shape index (κ1) is 23.4. The number of rotatable bonds is 6. The molecule has 37 heavy (non-hydrogen) atoms. The molecule has 1 aromatic heterocycles. The van der Waals surface area contributed by atoms with E-state index in [4.69, 9.17) is 0 Å². The summed E-state index contributed by atoms with van der Waals surface area (Å²) < 4.78 is 1.50. The zero-order valence-electron chi connectivity index (χ0n) is 19.4. The summed E-state index contributed by atoms with van der Waals surface area (Å²) in [6, 6.07) is 19.9. The van der Waals surface area contributed by atoms with E-state index in [1.165, 1.54) is 35.0 Å². The molecular weight excluding hydrogens is 478 g/mol. The molecule has 0 aliphatic carbocycles. The number of benzene rings is 3. The van der Waals surface area contributed by atoms with E-state index in [1.54, 1.807) is 49.4 Å². The molecule has 184 valence electrons. The number of hydrogen-bond donors (Lipinski definition) is 2. The van der Waals surface area contributed by atoms with Crippen LogP contribution in [0.1, 0.15) is 18.5 Å². The fourth-order valence-electron chi connectivity index (χ4n) is 4.13. The first-order valence-corrected chi connectivity index (χ1v) is 11.1. The third kappa shape index (κ3) is 4.50. The minimum absolute atomic E-state index is 0.0928. The summed E-state index contributed by atoms with van der Waals surface area (Å²) in [5, 5.41) is 33.0. The first-order valence-electron chi connectivity index (χ1n) is 11.1. The van der Waals surface area contributed by atoms with Gasteiger partial charge in [-0.25, -0.2) is 4.68 Å². The van der Waals surface area contributed by atoms with Crippen LogP contribution in [0, 0.1) is 20.2 Å². The molecular formula is C25H19N7O5. The fraction of sp³-hybridized carbons (Fsp3) is 0.0800. The first-order chi connectivity index (χ1) is 17.8. The number of allylic oxidation sites excluding steroid dienone is 1. The van der Waals surface area contributed by atoms with Crippen LogP contribution in [0.2, 0.25) is 0 Å². The quantitative estimate of drug-likeness (QED) is 0.287. The Labute approximate surface area is 209 Å². The number of para-hydroxylation sites is 1. The van der Waals surface area contributed by atoms with Crippen LogP contribution in [0.4, 0.5) is 23.0 Å². The van der Waals surface area contributed by atoms with Gasteiger partial charge in [-0.2, -0.15) is 4.98 Å². The third-order valence-corrected chi connectivity index (χ3v) is 5.86. The molecule has 0 saturated heterocycles. The number of nitrogens with zero attached hydrogens (tertiary/aromatic N) is 5. The van der Waals surface area contributed by atoms with Gasteiger partial charge in [0.25, 0.3) is 17.3 Å². The van der Waals surface area contributed by atoms with Crippen molar-refractivity contribution in [3.05, 3.63) is 116 Å². The van der Waals surface area contributed by atoms with E-state index >= 15 is 0 Å². The predicted octanol–water partition coefficient (Wildman–Crippen LogP) is 4.69. The van der Waals surface area contributed by atoms with Crippen LogP contribution in [0.15, 0.2) is 90.1 Å². The monoisotopic (exact) mass is 497 g/mol. The molecule has 1 atom stereocenters. The molecule has 3 aromatic carbocycles. The smallest absolute Gasteiger partial charge is 0.270 e. The van der Waals surface area contributed by atoms with Gasteiger partial charge in [-0.05, 0) is 36.8 Å². The Morgan fingerprint density at radius 1 is 0.946 bits per heavy atom. The summed E-state index contributed by atoms with van der Waals surface area (Å²) >= 11 is 0. The molecule has 2 N–H and O–H groups in total. The molecule has 12 heteroatoms. The highest BCUT2D eigenvalue weighted by Gasteiger charge is 2.35. The van der Waals surface area contributed by atoms with Gasteiger partial charge in [0.1, 0.15) is 6.04 Å². The number of fused-ring (bicyclic) bond motifs is 1. The highest BCUT2D eigenvalue weighted by Crippen LogP contribution is 2.37. The lowest BCUT2D eigenvalue weighted by Gasteiger charge is -2.28. The number of carbonyl (C=O) groups excluding carboxylic acids is 1. The van der Waals surface area contributed by atoms with Crippen molar-refractivity contribution in [2.75, 3.05) is 10.6 Å². The van der Waals surface area contributed by atoms with Gasteiger partial charge in [0.15, 0.2) is 5.82 Å². The summed E-state index contributed by atoms with van der Waals surface area (Å²) in [5.74, 6) is 0.145. The number of nitro benzene ring substituents is 2. The molecule has 12 nitrogen and oxygen atoms in total. The minimum atomic E-state index is -0.777. The van der Waals surface area contributed by atoms with E-state index in [0.717, 1.165) is 0 Å². The molecule has 0 bridgehead atoms. The van der Waals surface area contributed by atoms with Gasteiger partial charge in [0, 0.05) is 41.2 Å². The largest absolute Gasteiger partial charge is 0.328 e. The van der Waals surface area contributed by atoms with Crippen LogP contribution in [0.25, 0.3) is 11.4 Å². The summed E-state index contributed by atoms with van der Waals surface area (Å²) in [7, 11) is 0. The second-order valence-electron chi connectivity index (χ2n) is 8.25. The number of carbonyl (C=O) groups is 1. The molecule has 0 radical (unpaired) electrons. The standard InChI is InChI=1S/C25H19N7O5/c1-15-21(24(33)27-18-7-3-2-4-8-18)22(16-10-12-19(13-11-16)31(34)35)30-25(26-15)28-23(29-30)17-6-5-9-20(14-17)32(36)37/h2-14,22H,1H3,(H,27,33)(H,26,28,29). The summed E-state index contributed by atoms with van der Waals surface area (Å²) in [6.45, 7) is 1.73. The Kier molecular flexibility index (Phi) is 5.89. The van der Waals surface area contributed by atoms with Gasteiger partial charge < -0.3 is 10.6 Å². The molecule has 1 aliphatic rings. The Balaban J connectivity index is 1.61. The van der Waals surface area contributed by atoms with E-state index in [-0.39, 0.29) is 17.2 Å². The van der Waals surface area contributed by atoms with Crippen molar-refractivity contribution < 1.29 is 14.6 Å². The van der Waals surface area contributed by atoms with E-state index < -0.39 is 21.8 Å². The predicted molar refractivity (Wildman–Crippen MR) is 135 cm³/mol. The number of aromatic nitrogens is 3. The van der Waals surface area contributed by atoms with E-state index in [0.29, 0.717) is 34.0 Å². The maximum Gasteiger partial charge on any atom is 0.270 e. The van der Waals surface area contributed by atoms with Gasteiger partial charge in [0.2, 0.25) is 5.95 Å². The summed E-state index contributed by atoms with van der Waals surface area (Å²) in [5.41, 5.74) is 2.24. The Hall–Kier alpha value is -5.39. The average Bonchev–Trinajstić information content (AvgIpc) is 3.32. The highest BCUT2D eigenvalue weighted by molar-refractivity contribution is 6.06. The van der Waals surface area contributed by atoms with Crippen molar-refractivity contribution in [3.63, 3.8) is 0 Å². The zero-order chi connectivity index (χ0) is 26.1. The van der Waals surface area contributed by atoms with Gasteiger partial charge in [-0.15, -0.1) is 5.10 Å². The van der Waals surface area contributed by atoms with Crippen molar-refractivity contribution in [1.82, 2.24) is 14.8 Å². The van der Waals surface area contributed by atoms with Gasteiger partial charge >= 0.3 is 0 Å². The maximum atomic E-state index is 13.5. The zero-order valence-corrected chi connectivity index (χ0v) is 19.4. The summed E-state index contributed by atoms with van der Waals surface area (Å²) in [6.07, 6.45) is 0. The minimum Gasteiger partial charge on any atom is -0.328 e. The maximum absolute atomic E-state index is 13.5. The molecule has 1 unspecified atom stereocenters. The second-order valence-corrected chi connectivity index (χ2v) is 8.25. The van der Waals surface area contributed by atoms with E-state index in [9.17, 15) is 25.0 Å². The van der Waals surface area contributed by atoms with Crippen LogP contribution in [0.3, 0.4) is 0 Å². The Morgan fingerprint density at radius 2 is 1.65 bits per heavy atom. The fourth-order valence-corrected chi connectivity index (χ4v) is 4.13. The Bertz CT molecular complexity index is 1560. The van der Waals surface area contributed by atoms with Gasteiger partial charge in [-0.1, -0.05) is 30.3 Å². The van der Waals surface area contributed by atoms with Crippen molar-refractivity contribution >= 4 is 28.9 Å². The number of nitro groups is 2. The molecule has 4 aromatic rings. The lowest BCUT2D eigenvalue weighted by molar-refractivity contribution is -0.385. The summed E-state index contributed by atoms with van der Waals surface area (Å²) in [4.78, 5) is 39.4. The lowest BCUT2D eigenvalue weighted by atomic mass is 9.95. The molecule has 0 saturated carbocycles. The topological polar surface area (TPSA) is 158 Å². The van der Waals surface area contributed by atoms with E-state index in [2.05, 4.69) is 20.7 Å². The molecule has 1 amide bonds. The number of amides is 1. The molecule has 0 fully saturated rings. The van der Waals surface area contributed by atoms with Crippen LogP contribution in [-0.2, 0) is 4.79 Å². The van der Waals surface area contributed by atoms with Crippen molar-refractivity contribution in [1.29, 1.82) is 0 Å². The Morgan fingerprint density at radius 3 is 2.32 bits per heavy atom. The van der Waals surface area contributed by atoms with Crippen LogP contribution >= 0.6 is 0 Å². The highest BCUT2D eigenvalue weighted by atomic mass is 16.6. The third-order valence-electron chi connectivity index (χ3n) is 5.86. The SMILES string of the molecule is CC1=C(C(=O)Nc2ccccc2)C(c2ccc([N+](=O)[O-])cc2)n2nc(-c3cccc([N+](=O)[O-])c3)nc2N1. The van der Waals surface area contributed by atoms with Crippen LogP contribution in [-0.4, -0.2) is 30.5 Å². The van der Waals surface area contributed by atoms with Gasteiger partial charge in [-0.3, -0.25) is 25.0 Å². The number of anilines is 2. The van der Waals surface area contributed by atoms with Crippen LogP contribution < -0.4 is 10.6 Å². The number of non-ortho nitro benzene ring substituents is 2.